The number of hydrogen-bond donors (Lipinski definition) is 2. The first-order chi connectivity index (χ1) is 8.47. The van der Waals surface area contributed by atoms with Crippen LogP contribution < -0.4 is 5.32 Å². The van der Waals surface area contributed by atoms with Gasteiger partial charge in [0.25, 0.3) is 0 Å². The molecular weight excluding hydrogens is 234 g/mol. The van der Waals surface area contributed by atoms with E-state index < -0.39 is 18.0 Å². The summed E-state index contributed by atoms with van der Waals surface area (Å²) in [5.41, 5.74) is 0. The first kappa shape index (κ1) is 16.6. The summed E-state index contributed by atoms with van der Waals surface area (Å²) in [6.45, 7) is 8.21. The number of amides is 1. The van der Waals surface area contributed by atoms with Gasteiger partial charge in [0.05, 0.1) is 0 Å². The molecule has 0 heterocycles. The van der Waals surface area contributed by atoms with E-state index in [9.17, 15) is 14.7 Å². The summed E-state index contributed by atoms with van der Waals surface area (Å²) < 4.78 is 4.73. The molecular formula is C13H23NO4. The van der Waals surface area contributed by atoms with Crippen molar-refractivity contribution in [3.8, 4) is 0 Å². The molecule has 0 aliphatic rings. The Balaban J connectivity index is 3.73. The van der Waals surface area contributed by atoms with Crippen molar-refractivity contribution in [2.24, 2.45) is 5.92 Å². The van der Waals surface area contributed by atoms with E-state index in [-0.39, 0.29) is 19.4 Å². The molecule has 0 unspecified atom stereocenters. The lowest BCUT2D eigenvalue weighted by atomic mass is 10.1. The zero-order chi connectivity index (χ0) is 14.0. The molecule has 0 bridgehead atoms. The number of nitrogens with one attached hydrogen (secondary N) is 1. The van der Waals surface area contributed by atoms with Gasteiger partial charge in [0.15, 0.2) is 0 Å². The minimum absolute atomic E-state index is 0.0204. The Hall–Kier alpha value is -1.36. The highest BCUT2D eigenvalue weighted by atomic mass is 16.5. The summed E-state index contributed by atoms with van der Waals surface area (Å²) in [4.78, 5) is 22.5. The molecule has 1 atom stereocenters. The fourth-order valence-electron chi connectivity index (χ4n) is 1.21. The maximum atomic E-state index is 11.4. The molecule has 5 heteroatoms. The van der Waals surface area contributed by atoms with Gasteiger partial charge in [0, 0.05) is 13.0 Å². The smallest absolute Gasteiger partial charge is 0.306 e. The second-order valence-corrected chi connectivity index (χ2v) is 4.50. The van der Waals surface area contributed by atoms with Gasteiger partial charge in [-0.2, -0.15) is 0 Å². The van der Waals surface area contributed by atoms with Gasteiger partial charge in [0.2, 0.25) is 5.91 Å². The lowest BCUT2D eigenvalue weighted by molar-refractivity contribution is -0.143. The topological polar surface area (TPSA) is 75.6 Å². The summed E-state index contributed by atoms with van der Waals surface area (Å²) in [7, 11) is 0. The number of esters is 1. The van der Waals surface area contributed by atoms with Gasteiger partial charge < -0.3 is 15.2 Å². The highest BCUT2D eigenvalue weighted by Crippen LogP contribution is 2.01. The van der Waals surface area contributed by atoms with Gasteiger partial charge in [-0.1, -0.05) is 26.5 Å². The molecule has 0 aromatic carbocycles. The highest BCUT2D eigenvalue weighted by molar-refractivity contribution is 5.81. The number of ether oxygens (including phenoxy) is 1. The van der Waals surface area contributed by atoms with Crippen molar-refractivity contribution in [3.05, 3.63) is 12.7 Å². The lowest BCUT2D eigenvalue weighted by Gasteiger charge is -2.11. The Morgan fingerprint density at radius 1 is 1.39 bits per heavy atom. The van der Waals surface area contributed by atoms with Crippen LogP contribution in [0.2, 0.25) is 0 Å². The van der Waals surface area contributed by atoms with Gasteiger partial charge in [-0.15, -0.1) is 0 Å². The normalized spacial score (nSPS) is 12.0. The molecule has 0 rings (SSSR count). The summed E-state index contributed by atoms with van der Waals surface area (Å²) in [5, 5.41) is 12.1. The van der Waals surface area contributed by atoms with E-state index >= 15 is 0 Å². The molecule has 0 saturated heterocycles. The summed E-state index contributed by atoms with van der Waals surface area (Å²) in [5.74, 6) is -0.382. The van der Waals surface area contributed by atoms with Crippen molar-refractivity contribution < 1.29 is 19.4 Å². The molecule has 5 nitrogen and oxygen atoms in total. The second-order valence-electron chi connectivity index (χ2n) is 4.50. The maximum absolute atomic E-state index is 11.4. The first-order valence-electron chi connectivity index (χ1n) is 6.19. The molecule has 18 heavy (non-hydrogen) atoms. The zero-order valence-electron chi connectivity index (χ0n) is 11.1. The Morgan fingerprint density at radius 2 is 2.06 bits per heavy atom. The number of hydrogen-bond acceptors (Lipinski definition) is 4. The van der Waals surface area contributed by atoms with Crippen LogP contribution in [0.5, 0.6) is 0 Å². The predicted molar refractivity (Wildman–Crippen MR) is 68.9 cm³/mol. The molecule has 0 aliphatic carbocycles. The van der Waals surface area contributed by atoms with Crippen LogP contribution in [-0.4, -0.2) is 36.2 Å². The number of aliphatic hydroxyl groups is 1. The standard InChI is InChI=1S/C13H23NO4/c1-4-9-18-12(16)6-5-11(15)13(17)14-8-7-10(2)3/h4,10-11,15H,1,5-9H2,2-3H3,(H,14,17)/t11-/m1/s1. The van der Waals surface area contributed by atoms with Crippen molar-refractivity contribution in [2.75, 3.05) is 13.2 Å². The molecule has 0 radical (unpaired) electrons. The van der Waals surface area contributed by atoms with E-state index in [2.05, 4.69) is 25.7 Å². The lowest BCUT2D eigenvalue weighted by Crippen LogP contribution is -2.35. The van der Waals surface area contributed by atoms with Crippen molar-refractivity contribution in [2.45, 2.75) is 39.2 Å². The summed E-state index contributed by atoms with van der Waals surface area (Å²) in [6, 6.07) is 0. The molecule has 0 spiro atoms. The maximum Gasteiger partial charge on any atom is 0.306 e. The van der Waals surface area contributed by atoms with Crippen molar-refractivity contribution in [1.82, 2.24) is 5.32 Å². The van der Waals surface area contributed by atoms with Gasteiger partial charge in [-0.05, 0) is 18.8 Å². The number of carbonyl (C=O) groups is 2. The van der Waals surface area contributed by atoms with Gasteiger partial charge in [0.1, 0.15) is 12.7 Å². The summed E-state index contributed by atoms with van der Waals surface area (Å²) >= 11 is 0. The number of carbonyl (C=O) groups excluding carboxylic acids is 2. The zero-order valence-corrected chi connectivity index (χ0v) is 11.1. The summed E-state index contributed by atoms with van der Waals surface area (Å²) in [6.07, 6.45) is 1.26. The Bertz CT molecular complexity index is 276. The molecule has 0 saturated carbocycles. The second kappa shape index (κ2) is 9.65. The van der Waals surface area contributed by atoms with E-state index in [0.29, 0.717) is 12.5 Å². The van der Waals surface area contributed by atoms with E-state index in [1.807, 2.05) is 0 Å². The third kappa shape index (κ3) is 8.75. The minimum atomic E-state index is -1.16. The Kier molecular flexibility index (Phi) is 8.92. The quantitative estimate of drug-likeness (QED) is 0.477. The largest absolute Gasteiger partial charge is 0.461 e. The van der Waals surface area contributed by atoms with E-state index in [1.54, 1.807) is 0 Å². The molecule has 0 aromatic rings. The van der Waals surface area contributed by atoms with Crippen LogP contribution in [0.15, 0.2) is 12.7 Å². The van der Waals surface area contributed by atoms with Crippen LogP contribution in [0.25, 0.3) is 0 Å². The molecule has 0 aliphatic heterocycles. The van der Waals surface area contributed by atoms with Gasteiger partial charge in [-0.3, -0.25) is 9.59 Å². The van der Waals surface area contributed by atoms with Crippen molar-refractivity contribution in [1.29, 1.82) is 0 Å². The van der Waals surface area contributed by atoms with Crippen molar-refractivity contribution >= 4 is 11.9 Å². The molecule has 104 valence electrons. The molecule has 1 amide bonds. The predicted octanol–water partition coefficient (Wildman–Crippen LogP) is 1.02. The third-order valence-corrected chi connectivity index (χ3v) is 2.31. The molecule has 2 N–H and O–H groups in total. The molecule has 0 aromatic heterocycles. The van der Waals surface area contributed by atoms with Crippen LogP contribution in [0.1, 0.15) is 33.1 Å². The van der Waals surface area contributed by atoms with Gasteiger partial charge in [-0.25, -0.2) is 0 Å². The average Bonchev–Trinajstić information content (AvgIpc) is 2.32. The van der Waals surface area contributed by atoms with E-state index in [1.165, 1.54) is 6.08 Å². The molecule has 0 fully saturated rings. The average molecular weight is 257 g/mol. The van der Waals surface area contributed by atoms with Crippen molar-refractivity contribution in [3.63, 3.8) is 0 Å². The monoisotopic (exact) mass is 257 g/mol. The van der Waals surface area contributed by atoms with Crippen LogP contribution in [-0.2, 0) is 14.3 Å². The van der Waals surface area contributed by atoms with E-state index in [0.717, 1.165) is 6.42 Å². The number of aliphatic hydroxyl groups excluding tert-OH is 1. The number of rotatable bonds is 9. The van der Waals surface area contributed by atoms with Gasteiger partial charge >= 0.3 is 5.97 Å². The first-order valence-corrected chi connectivity index (χ1v) is 6.19. The van der Waals surface area contributed by atoms with E-state index in [4.69, 9.17) is 4.74 Å². The Morgan fingerprint density at radius 3 is 2.61 bits per heavy atom. The SMILES string of the molecule is C=CCOC(=O)CC[C@@H](O)C(=O)NCCC(C)C. The third-order valence-electron chi connectivity index (χ3n) is 2.31. The fourth-order valence-corrected chi connectivity index (χ4v) is 1.21. The highest BCUT2D eigenvalue weighted by Gasteiger charge is 2.16. The van der Waals surface area contributed by atoms with Crippen LogP contribution in [0.4, 0.5) is 0 Å². The Labute approximate surface area is 108 Å². The minimum Gasteiger partial charge on any atom is -0.461 e. The fraction of sp³-hybridized carbons (Fsp3) is 0.692. The van der Waals surface area contributed by atoms with Crippen LogP contribution >= 0.6 is 0 Å². The van der Waals surface area contributed by atoms with Crippen LogP contribution in [0.3, 0.4) is 0 Å². The van der Waals surface area contributed by atoms with Crippen LogP contribution in [0, 0.1) is 5.92 Å².